The summed E-state index contributed by atoms with van der Waals surface area (Å²) in [6.07, 6.45) is -0.0758. The minimum absolute atomic E-state index is 0.0107. The summed E-state index contributed by atoms with van der Waals surface area (Å²) in [6, 6.07) is 8.99. The summed E-state index contributed by atoms with van der Waals surface area (Å²) in [5.41, 5.74) is -0.228. The molecule has 3 N–H and O–H groups in total. The van der Waals surface area contributed by atoms with E-state index in [2.05, 4.69) is 20.9 Å². The predicted octanol–water partition coefficient (Wildman–Crippen LogP) is 3.39. The Balaban J connectivity index is 2.07. The number of nitrogens with one attached hydrogen (secondary N) is 3. The fourth-order valence-corrected chi connectivity index (χ4v) is 2.86. The van der Waals surface area contributed by atoms with Gasteiger partial charge in [0, 0.05) is 19.5 Å². The Morgan fingerprint density at radius 2 is 1.86 bits per heavy atom. The van der Waals surface area contributed by atoms with Crippen LogP contribution in [0.15, 0.2) is 42.6 Å². The number of hydrogen-bond donors (Lipinski definition) is 3. The molecule has 0 aliphatic heterocycles. The predicted molar refractivity (Wildman–Crippen MR) is 128 cm³/mol. The molecule has 35 heavy (non-hydrogen) atoms. The Kier molecular flexibility index (Phi) is 9.50. The number of esters is 1. The summed E-state index contributed by atoms with van der Waals surface area (Å²) in [5, 5.41) is 18.7. The van der Waals surface area contributed by atoms with Gasteiger partial charge in [-0.15, -0.1) is 0 Å². The van der Waals surface area contributed by atoms with Gasteiger partial charge < -0.3 is 25.4 Å². The highest BCUT2D eigenvalue weighted by molar-refractivity contribution is 5.94. The molecule has 0 saturated carbocycles. The molecular formula is C23H29N5O7. The zero-order chi connectivity index (χ0) is 26.0. The summed E-state index contributed by atoms with van der Waals surface area (Å²) in [4.78, 5) is 51.8. The van der Waals surface area contributed by atoms with Gasteiger partial charge in [0.1, 0.15) is 30.3 Å². The molecule has 0 bridgehead atoms. The lowest BCUT2D eigenvalue weighted by molar-refractivity contribution is -0.385. The van der Waals surface area contributed by atoms with Crippen molar-refractivity contribution < 1.29 is 28.8 Å². The molecule has 2 amide bonds. The topological polar surface area (TPSA) is 162 Å². The minimum atomic E-state index is -1.16. The number of carbonyl (C=O) groups excluding carboxylic acids is 3. The average molecular weight is 488 g/mol. The van der Waals surface area contributed by atoms with Gasteiger partial charge in [-0.25, -0.2) is 14.6 Å². The van der Waals surface area contributed by atoms with Crippen LogP contribution in [0.5, 0.6) is 0 Å². The lowest BCUT2D eigenvalue weighted by atomic mass is 10.1. The Bertz CT molecular complexity index is 1050. The largest absolute Gasteiger partial charge is 0.459 e. The summed E-state index contributed by atoms with van der Waals surface area (Å²) >= 11 is 0. The van der Waals surface area contributed by atoms with Gasteiger partial charge in [0.25, 0.3) is 5.69 Å². The molecule has 12 nitrogen and oxygen atoms in total. The van der Waals surface area contributed by atoms with Crippen LogP contribution in [0, 0.1) is 10.1 Å². The smallest absolute Gasteiger partial charge is 0.408 e. The third-order valence-corrected chi connectivity index (χ3v) is 4.45. The fourth-order valence-electron chi connectivity index (χ4n) is 2.86. The van der Waals surface area contributed by atoms with E-state index in [4.69, 9.17) is 9.47 Å². The summed E-state index contributed by atoms with van der Waals surface area (Å²) in [5.74, 6) is -1.05. The van der Waals surface area contributed by atoms with Gasteiger partial charge in [-0.2, -0.15) is 0 Å². The van der Waals surface area contributed by atoms with E-state index < -0.39 is 34.5 Å². The molecule has 188 valence electrons. The Labute approximate surface area is 202 Å². The van der Waals surface area contributed by atoms with Gasteiger partial charge >= 0.3 is 12.1 Å². The quantitative estimate of drug-likeness (QED) is 0.259. The standard InChI is InChI=1S/C23H29N5O7/c1-23(2,3)35-22(31)27-17(21(30)34-14-15-8-6-5-7-9-15)10-11-19(29)26-18-12-16(28(32)33)13-25-20(18)24-4/h5-9,12-13,17H,10-11,14H2,1-4H3,(H,24,25)(H,26,29)(H,27,31)/t17-/m0/s1. The lowest BCUT2D eigenvalue weighted by Gasteiger charge is -2.23. The number of ether oxygens (including phenoxy) is 2. The van der Waals surface area contributed by atoms with E-state index in [-0.39, 0.29) is 36.6 Å². The van der Waals surface area contributed by atoms with E-state index in [1.54, 1.807) is 52.1 Å². The molecule has 0 radical (unpaired) electrons. The van der Waals surface area contributed by atoms with E-state index in [9.17, 15) is 24.5 Å². The van der Waals surface area contributed by atoms with Crippen LogP contribution in [-0.2, 0) is 25.7 Å². The molecule has 1 heterocycles. The molecule has 12 heteroatoms. The lowest BCUT2D eigenvalue weighted by Crippen LogP contribution is -2.44. The number of rotatable bonds is 10. The Morgan fingerprint density at radius 1 is 1.17 bits per heavy atom. The number of anilines is 2. The van der Waals surface area contributed by atoms with Crippen molar-refractivity contribution in [3.8, 4) is 0 Å². The molecule has 0 spiro atoms. The number of hydrogen-bond acceptors (Lipinski definition) is 9. The number of carbonyl (C=O) groups is 3. The third-order valence-electron chi connectivity index (χ3n) is 4.45. The van der Waals surface area contributed by atoms with Gasteiger partial charge in [-0.05, 0) is 32.8 Å². The zero-order valence-electron chi connectivity index (χ0n) is 20.0. The molecule has 1 aromatic heterocycles. The van der Waals surface area contributed by atoms with Gasteiger partial charge in [-0.3, -0.25) is 14.9 Å². The second-order valence-corrected chi connectivity index (χ2v) is 8.48. The van der Waals surface area contributed by atoms with Crippen molar-refractivity contribution in [2.75, 3.05) is 17.7 Å². The first-order valence-corrected chi connectivity index (χ1v) is 10.8. The maximum Gasteiger partial charge on any atom is 0.408 e. The monoisotopic (exact) mass is 487 g/mol. The summed E-state index contributed by atoms with van der Waals surface area (Å²) in [7, 11) is 1.55. The van der Waals surface area contributed by atoms with Crippen LogP contribution in [0.2, 0.25) is 0 Å². The molecule has 2 aromatic rings. The second kappa shape index (κ2) is 12.3. The number of aromatic nitrogens is 1. The maximum atomic E-state index is 12.7. The molecule has 1 aromatic carbocycles. The van der Waals surface area contributed by atoms with Crippen LogP contribution in [0.1, 0.15) is 39.2 Å². The number of pyridine rings is 1. The van der Waals surface area contributed by atoms with Gasteiger partial charge in [0.05, 0.1) is 10.6 Å². The van der Waals surface area contributed by atoms with Crippen molar-refractivity contribution >= 4 is 35.2 Å². The van der Waals surface area contributed by atoms with Crippen molar-refractivity contribution in [2.45, 2.75) is 51.9 Å². The molecule has 0 unspecified atom stereocenters. The first kappa shape index (κ1) is 27.0. The van der Waals surface area contributed by atoms with Crippen LogP contribution in [0.25, 0.3) is 0 Å². The Hall–Kier alpha value is -4.22. The van der Waals surface area contributed by atoms with Crippen LogP contribution in [0.3, 0.4) is 0 Å². The molecule has 0 fully saturated rings. The number of benzene rings is 1. The Morgan fingerprint density at radius 3 is 2.46 bits per heavy atom. The molecular weight excluding hydrogens is 458 g/mol. The van der Waals surface area contributed by atoms with Crippen molar-refractivity contribution in [3.05, 3.63) is 58.3 Å². The normalized spacial score (nSPS) is 11.7. The summed E-state index contributed by atoms with van der Waals surface area (Å²) in [6.45, 7) is 5.02. The average Bonchev–Trinajstić information content (AvgIpc) is 2.79. The zero-order valence-corrected chi connectivity index (χ0v) is 20.0. The van der Waals surface area contributed by atoms with Gasteiger partial charge in [-0.1, -0.05) is 30.3 Å². The van der Waals surface area contributed by atoms with Crippen LogP contribution in [0.4, 0.5) is 22.0 Å². The highest BCUT2D eigenvalue weighted by Crippen LogP contribution is 2.24. The van der Waals surface area contributed by atoms with Crippen LogP contribution in [-0.4, -0.2) is 46.6 Å². The molecule has 0 aliphatic carbocycles. The maximum absolute atomic E-state index is 12.7. The molecule has 0 aliphatic rings. The van der Waals surface area contributed by atoms with E-state index in [0.717, 1.165) is 11.8 Å². The number of nitro groups is 1. The van der Waals surface area contributed by atoms with E-state index in [0.29, 0.717) is 0 Å². The highest BCUT2D eigenvalue weighted by Gasteiger charge is 2.26. The number of amides is 2. The van der Waals surface area contributed by atoms with Crippen LogP contribution >= 0.6 is 0 Å². The number of alkyl carbamates (subject to hydrolysis) is 1. The minimum Gasteiger partial charge on any atom is -0.459 e. The van der Waals surface area contributed by atoms with Crippen LogP contribution < -0.4 is 16.0 Å². The van der Waals surface area contributed by atoms with E-state index in [1.165, 1.54) is 6.07 Å². The van der Waals surface area contributed by atoms with Crippen molar-refractivity contribution in [1.29, 1.82) is 0 Å². The van der Waals surface area contributed by atoms with Gasteiger partial charge in [0.2, 0.25) is 5.91 Å². The third kappa shape index (κ3) is 9.27. The fraction of sp³-hybridized carbons (Fsp3) is 0.391. The van der Waals surface area contributed by atoms with Gasteiger partial charge in [0.15, 0.2) is 0 Å². The van der Waals surface area contributed by atoms with E-state index >= 15 is 0 Å². The number of nitrogens with zero attached hydrogens (tertiary/aromatic N) is 2. The van der Waals surface area contributed by atoms with Crippen molar-refractivity contribution in [1.82, 2.24) is 10.3 Å². The molecule has 1 atom stereocenters. The molecule has 0 saturated heterocycles. The van der Waals surface area contributed by atoms with Crippen molar-refractivity contribution in [2.24, 2.45) is 0 Å². The van der Waals surface area contributed by atoms with Crippen molar-refractivity contribution in [3.63, 3.8) is 0 Å². The second-order valence-electron chi connectivity index (χ2n) is 8.48. The SMILES string of the molecule is CNc1ncc([N+](=O)[O-])cc1NC(=O)CC[C@H](NC(=O)OC(C)(C)C)C(=O)OCc1ccccc1. The summed E-state index contributed by atoms with van der Waals surface area (Å²) < 4.78 is 10.5. The molecule has 2 rings (SSSR count). The first-order chi connectivity index (χ1) is 16.5. The van der Waals surface area contributed by atoms with E-state index in [1.807, 2.05) is 6.07 Å². The highest BCUT2D eigenvalue weighted by atomic mass is 16.6. The first-order valence-electron chi connectivity index (χ1n) is 10.8.